The van der Waals surface area contributed by atoms with Crippen molar-refractivity contribution in [3.05, 3.63) is 59.4 Å². The van der Waals surface area contributed by atoms with Crippen molar-refractivity contribution in [3.8, 4) is 11.5 Å². The summed E-state index contributed by atoms with van der Waals surface area (Å²) in [5, 5.41) is 9.53. The van der Waals surface area contributed by atoms with E-state index in [1.807, 2.05) is 6.92 Å². The summed E-state index contributed by atoms with van der Waals surface area (Å²) in [6.45, 7) is 2.35. The van der Waals surface area contributed by atoms with E-state index in [4.69, 9.17) is 9.47 Å². The van der Waals surface area contributed by atoms with Gasteiger partial charge in [0.05, 0.1) is 19.6 Å². The van der Waals surface area contributed by atoms with Crippen LogP contribution < -0.4 is 9.47 Å². The lowest BCUT2D eigenvalue weighted by Gasteiger charge is -2.17. The van der Waals surface area contributed by atoms with Gasteiger partial charge in [0.1, 0.15) is 5.82 Å². The van der Waals surface area contributed by atoms with Gasteiger partial charge in [0.15, 0.2) is 11.5 Å². The maximum absolute atomic E-state index is 13.1. The van der Waals surface area contributed by atoms with E-state index in [1.54, 1.807) is 18.2 Å². The van der Waals surface area contributed by atoms with Gasteiger partial charge in [0, 0.05) is 0 Å². The van der Waals surface area contributed by atoms with Crippen LogP contribution in [0.3, 0.4) is 0 Å². The molecule has 122 valence electrons. The number of halogens is 1. The van der Waals surface area contributed by atoms with Gasteiger partial charge in [-0.2, -0.15) is 0 Å². The highest BCUT2D eigenvalue weighted by atomic mass is 19.1. The second-order valence-electron chi connectivity index (χ2n) is 5.03. The molecule has 0 aliphatic rings. The van der Waals surface area contributed by atoms with E-state index in [2.05, 4.69) is 0 Å². The van der Waals surface area contributed by atoms with Crippen LogP contribution in [-0.4, -0.2) is 24.8 Å². The zero-order valence-corrected chi connectivity index (χ0v) is 13.1. The lowest BCUT2D eigenvalue weighted by molar-refractivity contribution is -0.138. The highest BCUT2D eigenvalue weighted by molar-refractivity contribution is 5.76. The highest BCUT2D eigenvalue weighted by Gasteiger charge is 2.23. The zero-order chi connectivity index (χ0) is 16.8. The number of benzene rings is 2. The molecule has 2 aromatic carbocycles. The molecule has 0 bridgehead atoms. The lowest BCUT2D eigenvalue weighted by atomic mass is 9.91. The van der Waals surface area contributed by atoms with Crippen LogP contribution in [0, 0.1) is 5.82 Å². The summed E-state index contributed by atoms with van der Waals surface area (Å²) in [5.74, 6) is -1.05. The van der Waals surface area contributed by atoms with Gasteiger partial charge in [0.2, 0.25) is 0 Å². The fourth-order valence-electron chi connectivity index (χ4n) is 2.49. The molecule has 23 heavy (non-hydrogen) atoms. The molecule has 0 aliphatic heterocycles. The Morgan fingerprint density at radius 3 is 2.48 bits per heavy atom. The molecule has 0 radical (unpaired) electrons. The van der Waals surface area contributed by atoms with E-state index in [-0.39, 0.29) is 6.42 Å². The molecule has 5 heteroatoms. The smallest absolute Gasteiger partial charge is 0.311 e. The molecule has 4 nitrogen and oxygen atoms in total. The summed E-state index contributed by atoms with van der Waals surface area (Å²) in [5.41, 5.74) is 1.28. The van der Waals surface area contributed by atoms with Crippen molar-refractivity contribution in [3.63, 3.8) is 0 Å². The molecule has 2 rings (SSSR count). The van der Waals surface area contributed by atoms with Gasteiger partial charge in [-0.05, 0) is 42.7 Å². The van der Waals surface area contributed by atoms with E-state index >= 15 is 0 Å². The molecule has 1 unspecified atom stereocenters. The Balaban J connectivity index is 2.35. The monoisotopic (exact) mass is 318 g/mol. The number of carboxylic acid groups (broad SMARTS) is 1. The molecule has 0 aromatic heterocycles. The normalized spacial score (nSPS) is 11.8. The highest BCUT2D eigenvalue weighted by Crippen LogP contribution is 2.34. The minimum Gasteiger partial charge on any atom is -0.493 e. The third-order valence-electron chi connectivity index (χ3n) is 3.56. The number of ether oxygens (including phenoxy) is 2. The molecule has 0 saturated heterocycles. The first-order valence-corrected chi connectivity index (χ1v) is 7.33. The number of hydrogen-bond acceptors (Lipinski definition) is 3. The van der Waals surface area contributed by atoms with Crippen LogP contribution in [0.1, 0.15) is 24.0 Å². The molecule has 1 N–H and O–H groups in total. The van der Waals surface area contributed by atoms with Crippen LogP contribution >= 0.6 is 0 Å². The van der Waals surface area contributed by atoms with Crippen LogP contribution in [-0.2, 0) is 11.2 Å². The van der Waals surface area contributed by atoms with Crippen molar-refractivity contribution < 1.29 is 23.8 Å². The Kier molecular flexibility index (Phi) is 5.57. The number of para-hydroxylation sites is 1. The SMILES string of the molecule is CCOc1cccc(CC(C(=O)O)c2ccc(F)cc2)c1OC. The Morgan fingerprint density at radius 2 is 1.91 bits per heavy atom. The predicted molar refractivity (Wildman–Crippen MR) is 84.6 cm³/mol. The summed E-state index contributed by atoms with van der Waals surface area (Å²) < 4.78 is 23.9. The van der Waals surface area contributed by atoms with Gasteiger partial charge in [-0.3, -0.25) is 4.79 Å². The number of carboxylic acids is 1. The Labute approximate surface area is 134 Å². The Hall–Kier alpha value is -2.56. The first kappa shape index (κ1) is 16.8. The van der Waals surface area contributed by atoms with E-state index in [9.17, 15) is 14.3 Å². The van der Waals surface area contributed by atoms with E-state index < -0.39 is 17.7 Å². The first-order chi connectivity index (χ1) is 11.1. The predicted octanol–water partition coefficient (Wildman–Crippen LogP) is 3.64. The van der Waals surface area contributed by atoms with Crippen LogP contribution in [0.25, 0.3) is 0 Å². The summed E-state index contributed by atoms with van der Waals surface area (Å²) >= 11 is 0. The average molecular weight is 318 g/mol. The summed E-state index contributed by atoms with van der Waals surface area (Å²) in [6, 6.07) is 10.9. The topological polar surface area (TPSA) is 55.8 Å². The summed E-state index contributed by atoms with van der Waals surface area (Å²) in [4.78, 5) is 11.6. The first-order valence-electron chi connectivity index (χ1n) is 7.33. The molecular formula is C18H19FO4. The van der Waals surface area contributed by atoms with Crippen molar-refractivity contribution in [2.75, 3.05) is 13.7 Å². The molecule has 0 amide bonds. The van der Waals surface area contributed by atoms with Gasteiger partial charge in [-0.25, -0.2) is 4.39 Å². The van der Waals surface area contributed by atoms with Crippen molar-refractivity contribution >= 4 is 5.97 Å². The summed E-state index contributed by atoms with van der Waals surface area (Å²) in [7, 11) is 1.52. The fraction of sp³-hybridized carbons (Fsp3) is 0.278. The third kappa shape index (κ3) is 4.00. The third-order valence-corrected chi connectivity index (χ3v) is 3.56. The number of hydrogen-bond donors (Lipinski definition) is 1. The van der Waals surface area contributed by atoms with Crippen molar-refractivity contribution in [1.82, 2.24) is 0 Å². The molecule has 0 saturated carbocycles. The van der Waals surface area contributed by atoms with Crippen molar-refractivity contribution in [2.24, 2.45) is 0 Å². The lowest BCUT2D eigenvalue weighted by Crippen LogP contribution is -2.15. The maximum atomic E-state index is 13.1. The quantitative estimate of drug-likeness (QED) is 0.847. The zero-order valence-electron chi connectivity index (χ0n) is 13.1. The number of carbonyl (C=O) groups is 1. The standard InChI is InChI=1S/C18H19FO4/c1-3-23-16-6-4-5-13(17(16)22-2)11-15(18(20)21)12-7-9-14(19)10-8-12/h4-10,15H,3,11H2,1-2H3,(H,20,21). The van der Waals surface area contributed by atoms with Gasteiger partial charge >= 0.3 is 5.97 Å². The van der Waals surface area contributed by atoms with Gasteiger partial charge in [-0.1, -0.05) is 24.3 Å². The van der Waals surface area contributed by atoms with Crippen LogP contribution in [0.15, 0.2) is 42.5 Å². The molecule has 0 heterocycles. The molecule has 0 aliphatic carbocycles. The van der Waals surface area contributed by atoms with Crippen LogP contribution in [0.4, 0.5) is 4.39 Å². The van der Waals surface area contributed by atoms with Gasteiger partial charge in [-0.15, -0.1) is 0 Å². The molecule has 0 fully saturated rings. The largest absolute Gasteiger partial charge is 0.493 e. The summed E-state index contributed by atoms with van der Waals surface area (Å²) in [6.07, 6.45) is 0.227. The number of aliphatic carboxylic acids is 1. The van der Waals surface area contributed by atoms with Gasteiger partial charge < -0.3 is 14.6 Å². The minimum atomic E-state index is -0.972. The maximum Gasteiger partial charge on any atom is 0.311 e. The average Bonchev–Trinajstić information content (AvgIpc) is 2.54. The van der Waals surface area contributed by atoms with Crippen molar-refractivity contribution in [2.45, 2.75) is 19.3 Å². The number of rotatable bonds is 7. The van der Waals surface area contributed by atoms with Gasteiger partial charge in [0.25, 0.3) is 0 Å². The second-order valence-corrected chi connectivity index (χ2v) is 5.03. The van der Waals surface area contributed by atoms with Crippen LogP contribution in [0.5, 0.6) is 11.5 Å². The molecule has 2 aromatic rings. The van der Waals surface area contributed by atoms with E-state index in [0.29, 0.717) is 23.7 Å². The fourth-order valence-corrected chi connectivity index (χ4v) is 2.49. The van der Waals surface area contributed by atoms with E-state index in [0.717, 1.165) is 5.56 Å². The molecular weight excluding hydrogens is 299 g/mol. The second kappa shape index (κ2) is 7.63. The van der Waals surface area contributed by atoms with Crippen molar-refractivity contribution in [1.29, 1.82) is 0 Å². The number of methoxy groups -OCH3 is 1. The van der Waals surface area contributed by atoms with Crippen LogP contribution in [0.2, 0.25) is 0 Å². The minimum absolute atomic E-state index is 0.227. The molecule has 1 atom stereocenters. The molecule has 0 spiro atoms. The Morgan fingerprint density at radius 1 is 1.22 bits per heavy atom. The van der Waals surface area contributed by atoms with E-state index in [1.165, 1.54) is 31.4 Å². The Bertz CT molecular complexity index is 667.